The zero-order chi connectivity index (χ0) is 13.0. The Morgan fingerprint density at radius 2 is 2.28 bits per heavy atom. The number of rotatable bonds is 5. The lowest BCUT2D eigenvalue weighted by molar-refractivity contribution is 0.0988. The van der Waals surface area contributed by atoms with Crippen LogP contribution >= 0.6 is 11.3 Å². The van der Waals surface area contributed by atoms with E-state index >= 15 is 0 Å². The molecule has 0 aliphatic rings. The van der Waals surface area contributed by atoms with Gasteiger partial charge in [-0.3, -0.25) is 4.79 Å². The third-order valence-electron chi connectivity index (χ3n) is 2.64. The van der Waals surface area contributed by atoms with E-state index in [1.807, 2.05) is 36.6 Å². The highest BCUT2D eigenvalue weighted by Gasteiger charge is 2.11. The smallest absolute Gasteiger partial charge is 0.186 e. The van der Waals surface area contributed by atoms with E-state index in [-0.39, 0.29) is 5.78 Å². The minimum atomic E-state index is 0.0696. The van der Waals surface area contributed by atoms with Crippen LogP contribution in [0.4, 0.5) is 0 Å². The average molecular weight is 260 g/mol. The van der Waals surface area contributed by atoms with Crippen LogP contribution in [0, 0.1) is 6.92 Å². The molecule has 94 valence electrons. The molecule has 0 saturated carbocycles. The number of hydrogen-bond acceptors (Lipinski definition) is 4. The molecule has 2 aromatic rings. The molecule has 1 heterocycles. The van der Waals surface area contributed by atoms with Crippen LogP contribution < -0.4 is 5.73 Å². The summed E-state index contributed by atoms with van der Waals surface area (Å²) in [6, 6.07) is 8.00. The number of aryl methyl sites for hydroxylation is 1. The Labute approximate surface area is 111 Å². The van der Waals surface area contributed by atoms with Crippen molar-refractivity contribution in [1.82, 2.24) is 4.98 Å². The van der Waals surface area contributed by atoms with Crippen molar-refractivity contribution in [1.29, 1.82) is 0 Å². The maximum Gasteiger partial charge on any atom is 0.186 e. The number of carbonyl (C=O) groups excluding carboxylic acids is 1. The van der Waals surface area contributed by atoms with Gasteiger partial charge < -0.3 is 5.73 Å². The topological polar surface area (TPSA) is 56.0 Å². The standard InChI is InChI=1S/C14H16N2OS/c1-10-3-2-4-11(7-10)8-13(17)12-9-18-14(16-12)5-6-15/h2-4,7,9H,5-6,8,15H2,1H3. The zero-order valence-electron chi connectivity index (χ0n) is 10.3. The number of Topliss-reactive ketones (excluding diaryl/α,β-unsaturated/α-hetero) is 1. The van der Waals surface area contributed by atoms with Crippen LogP contribution in [0.5, 0.6) is 0 Å². The van der Waals surface area contributed by atoms with Crippen LogP contribution in [0.15, 0.2) is 29.6 Å². The van der Waals surface area contributed by atoms with Crippen molar-refractivity contribution in [3.63, 3.8) is 0 Å². The average Bonchev–Trinajstić information content (AvgIpc) is 2.78. The molecule has 0 atom stereocenters. The predicted octanol–water partition coefficient (Wildman–Crippen LogP) is 2.38. The molecule has 0 spiro atoms. The molecule has 0 aliphatic heterocycles. The molecule has 1 aromatic heterocycles. The summed E-state index contributed by atoms with van der Waals surface area (Å²) in [4.78, 5) is 16.4. The van der Waals surface area contributed by atoms with Gasteiger partial charge in [0.2, 0.25) is 0 Å². The summed E-state index contributed by atoms with van der Waals surface area (Å²) < 4.78 is 0. The predicted molar refractivity (Wildman–Crippen MR) is 74.1 cm³/mol. The number of carbonyl (C=O) groups is 1. The second kappa shape index (κ2) is 5.89. The van der Waals surface area contributed by atoms with E-state index in [4.69, 9.17) is 5.73 Å². The summed E-state index contributed by atoms with van der Waals surface area (Å²) in [5, 5.41) is 2.76. The summed E-state index contributed by atoms with van der Waals surface area (Å²) >= 11 is 1.50. The number of benzene rings is 1. The van der Waals surface area contributed by atoms with E-state index < -0.39 is 0 Å². The Balaban J connectivity index is 2.07. The first kappa shape index (κ1) is 12.9. The van der Waals surface area contributed by atoms with Gasteiger partial charge in [-0.25, -0.2) is 4.98 Å². The third kappa shape index (κ3) is 3.24. The monoisotopic (exact) mass is 260 g/mol. The zero-order valence-corrected chi connectivity index (χ0v) is 11.2. The van der Waals surface area contributed by atoms with Gasteiger partial charge in [0.15, 0.2) is 5.78 Å². The Hall–Kier alpha value is -1.52. The fraction of sp³-hybridized carbons (Fsp3) is 0.286. The first-order valence-corrected chi connectivity index (χ1v) is 6.80. The second-order valence-electron chi connectivity index (χ2n) is 4.25. The van der Waals surface area contributed by atoms with Gasteiger partial charge in [0.25, 0.3) is 0 Å². The van der Waals surface area contributed by atoms with Crippen LogP contribution in [0.3, 0.4) is 0 Å². The van der Waals surface area contributed by atoms with Crippen molar-refractivity contribution < 1.29 is 4.79 Å². The number of nitrogens with zero attached hydrogens (tertiary/aromatic N) is 1. The van der Waals surface area contributed by atoms with Crippen LogP contribution in [0.1, 0.15) is 26.6 Å². The molecule has 0 saturated heterocycles. The summed E-state index contributed by atoms with van der Waals surface area (Å²) in [5.74, 6) is 0.0696. The van der Waals surface area contributed by atoms with Crippen molar-refractivity contribution in [3.05, 3.63) is 51.5 Å². The van der Waals surface area contributed by atoms with Gasteiger partial charge in [0.05, 0.1) is 5.01 Å². The number of thiazole rings is 1. The lowest BCUT2D eigenvalue weighted by Gasteiger charge is -2.00. The van der Waals surface area contributed by atoms with Crippen LogP contribution in [-0.2, 0) is 12.8 Å². The molecule has 0 bridgehead atoms. The van der Waals surface area contributed by atoms with Crippen molar-refractivity contribution in [2.75, 3.05) is 6.54 Å². The number of nitrogens with two attached hydrogens (primary N) is 1. The summed E-state index contributed by atoms with van der Waals surface area (Å²) in [6.07, 6.45) is 1.15. The fourth-order valence-corrected chi connectivity index (χ4v) is 2.59. The summed E-state index contributed by atoms with van der Waals surface area (Å²) in [6.45, 7) is 2.59. The van der Waals surface area contributed by atoms with E-state index in [9.17, 15) is 4.79 Å². The molecule has 1 aromatic carbocycles. The van der Waals surface area contributed by atoms with Crippen molar-refractivity contribution in [2.24, 2.45) is 5.73 Å². The summed E-state index contributed by atoms with van der Waals surface area (Å²) in [5.41, 5.74) is 8.23. The molecule has 2 N–H and O–H groups in total. The van der Waals surface area contributed by atoms with Crippen LogP contribution in [0.2, 0.25) is 0 Å². The van der Waals surface area contributed by atoms with E-state index in [1.54, 1.807) is 0 Å². The van der Waals surface area contributed by atoms with Gasteiger partial charge in [0.1, 0.15) is 5.69 Å². The lowest BCUT2D eigenvalue weighted by atomic mass is 10.1. The first-order valence-electron chi connectivity index (χ1n) is 5.92. The Morgan fingerprint density at radius 3 is 3.00 bits per heavy atom. The molecular formula is C14H16N2OS. The molecule has 4 heteroatoms. The molecule has 0 fully saturated rings. The Bertz CT molecular complexity index is 548. The van der Waals surface area contributed by atoms with Crippen LogP contribution in [-0.4, -0.2) is 17.3 Å². The minimum Gasteiger partial charge on any atom is -0.330 e. The molecule has 0 amide bonds. The molecular weight excluding hydrogens is 244 g/mol. The minimum absolute atomic E-state index is 0.0696. The van der Waals surface area contributed by atoms with Crippen molar-refractivity contribution in [2.45, 2.75) is 19.8 Å². The van der Waals surface area contributed by atoms with Gasteiger partial charge in [-0.2, -0.15) is 0 Å². The number of hydrogen-bond donors (Lipinski definition) is 1. The second-order valence-corrected chi connectivity index (χ2v) is 5.20. The third-order valence-corrected chi connectivity index (χ3v) is 3.55. The highest BCUT2D eigenvalue weighted by molar-refractivity contribution is 7.09. The molecule has 18 heavy (non-hydrogen) atoms. The largest absolute Gasteiger partial charge is 0.330 e. The maximum atomic E-state index is 12.1. The van der Waals surface area contributed by atoms with Crippen molar-refractivity contribution >= 4 is 17.1 Å². The number of ketones is 1. The molecule has 0 radical (unpaired) electrons. The maximum absolute atomic E-state index is 12.1. The van der Waals surface area contributed by atoms with Gasteiger partial charge in [-0.1, -0.05) is 29.8 Å². The van der Waals surface area contributed by atoms with E-state index in [1.165, 1.54) is 16.9 Å². The molecule has 0 aliphatic carbocycles. The molecule has 0 unspecified atom stereocenters. The fourth-order valence-electron chi connectivity index (χ4n) is 1.78. The van der Waals surface area contributed by atoms with E-state index in [0.717, 1.165) is 17.0 Å². The highest BCUT2D eigenvalue weighted by atomic mass is 32.1. The molecule has 3 nitrogen and oxygen atoms in total. The molecule has 2 rings (SSSR count). The van der Waals surface area contributed by atoms with Gasteiger partial charge in [-0.05, 0) is 19.0 Å². The number of aromatic nitrogens is 1. The summed E-state index contributed by atoms with van der Waals surface area (Å²) in [7, 11) is 0. The first-order chi connectivity index (χ1) is 8.69. The van der Waals surface area contributed by atoms with Crippen LogP contribution in [0.25, 0.3) is 0 Å². The van der Waals surface area contributed by atoms with E-state index in [0.29, 0.717) is 18.7 Å². The quantitative estimate of drug-likeness (QED) is 0.840. The lowest BCUT2D eigenvalue weighted by Crippen LogP contribution is -2.06. The van der Waals surface area contributed by atoms with Crippen molar-refractivity contribution in [3.8, 4) is 0 Å². The SMILES string of the molecule is Cc1cccc(CC(=O)c2csc(CCN)n2)c1. The van der Waals surface area contributed by atoms with Gasteiger partial charge >= 0.3 is 0 Å². The Kier molecular flexibility index (Phi) is 4.23. The Morgan fingerprint density at radius 1 is 1.44 bits per heavy atom. The van der Waals surface area contributed by atoms with Gasteiger partial charge in [-0.15, -0.1) is 11.3 Å². The normalized spacial score (nSPS) is 10.6. The highest BCUT2D eigenvalue weighted by Crippen LogP contribution is 2.13. The van der Waals surface area contributed by atoms with E-state index in [2.05, 4.69) is 4.98 Å². The van der Waals surface area contributed by atoms with Gasteiger partial charge in [0, 0.05) is 18.2 Å².